The first-order valence-electron chi connectivity index (χ1n) is 8.36. The zero-order valence-corrected chi connectivity index (χ0v) is 14.2. The van der Waals surface area contributed by atoms with Crippen LogP contribution in [0.15, 0.2) is 30.3 Å². The number of hydrogen-bond acceptors (Lipinski definition) is 3. The molecule has 1 aliphatic rings. The average Bonchev–Trinajstić information content (AvgIpc) is 2.72. The second-order valence-electron chi connectivity index (χ2n) is 6.27. The molecular formula is C19H18N4S. The molecule has 3 aromatic rings. The van der Waals surface area contributed by atoms with Gasteiger partial charge in [0.15, 0.2) is 4.64 Å². The van der Waals surface area contributed by atoms with Crippen molar-refractivity contribution in [1.82, 2.24) is 14.5 Å². The number of nitrogens with one attached hydrogen (secondary N) is 1. The van der Waals surface area contributed by atoms with Crippen LogP contribution in [0.25, 0.3) is 11.0 Å². The van der Waals surface area contributed by atoms with Crippen molar-refractivity contribution in [1.29, 1.82) is 5.26 Å². The summed E-state index contributed by atoms with van der Waals surface area (Å²) < 4.78 is 2.82. The molecule has 0 saturated heterocycles. The molecular weight excluding hydrogens is 316 g/mol. The average molecular weight is 334 g/mol. The largest absolute Gasteiger partial charge is 0.340 e. The van der Waals surface area contributed by atoms with E-state index in [1.165, 1.54) is 12.0 Å². The van der Waals surface area contributed by atoms with Gasteiger partial charge in [0.1, 0.15) is 17.4 Å². The van der Waals surface area contributed by atoms with Crippen LogP contribution in [0, 0.1) is 16.0 Å². The summed E-state index contributed by atoms with van der Waals surface area (Å²) >= 11 is 5.59. The van der Waals surface area contributed by atoms with Crippen molar-refractivity contribution >= 4 is 23.3 Å². The molecule has 0 aliphatic carbocycles. The molecule has 1 aromatic carbocycles. The molecule has 5 heteroatoms. The number of nitriles is 1. The molecule has 1 N–H and O–H groups in total. The number of H-pyrrole nitrogens is 1. The van der Waals surface area contributed by atoms with Gasteiger partial charge in [-0.3, -0.25) is 0 Å². The van der Waals surface area contributed by atoms with Gasteiger partial charge in [-0.15, -0.1) is 0 Å². The predicted molar refractivity (Wildman–Crippen MR) is 96.4 cm³/mol. The summed E-state index contributed by atoms with van der Waals surface area (Å²) in [5.41, 5.74) is 4.82. The summed E-state index contributed by atoms with van der Waals surface area (Å²) in [5, 5.41) is 9.71. The van der Waals surface area contributed by atoms with E-state index in [2.05, 4.69) is 32.7 Å². The number of benzene rings is 1. The van der Waals surface area contributed by atoms with E-state index in [4.69, 9.17) is 12.2 Å². The maximum atomic E-state index is 9.71. The number of aryl methyl sites for hydroxylation is 1. The molecule has 0 bridgehead atoms. The van der Waals surface area contributed by atoms with E-state index in [9.17, 15) is 5.26 Å². The third-order valence-electron chi connectivity index (χ3n) is 4.70. The molecule has 24 heavy (non-hydrogen) atoms. The fourth-order valence-electron chi connectivity index (χ4n) is 3.60. The summed E-state index contributed by atoms with van der Waals surface area (Å²) in [6.45, 7) is 0.921. The van der Waals surface area contributed by atoms with Gasteiger partial charge in [-0.1, -0.05) is 49.0 Å². The van der Waals surface area contributed by atoms with Crippen molar-refractivity contribution < 1.29 is 0 Å². The van der Waals surface area contributed by atoms with E-state index in [0.29, 0.717) is 11.1 Å². The molecule has 0 amide bonds. The summed E-state index contributed by atoms with van der Waals surface area (Å²) in [6, 6.07) is 12.6. The maximum Gasteiger partial charge on any atom is 0.154 e. The number of nitrogens with zero attached hydrogens (tertiary/aromatic N) is 3. The number of aromatic amines is 1. The highest BCUT2D eigenvalue weighted by Crippen LogP contribution is 2.29. The third-order valence-corrected chi connectivity index (χ3v) is 4.99. The number of hydrogen-bond donors (Lipinski definition) is 1. The summed E-state index contributed by atoms with van der Waals surface area (Å²) in [6.07, 6.45) is 5.08. The van der Waals surface area contributed by atoms with Gasteiger partial charge in [-0.25, -0.2) is 4.98 Å². The fraction of sp³-hybridized carbons (Fsp3) is 0.316. The highest BCUT2D eigenvalue weighted by atomic mass is 32.1. The first-order chi connectivity index (χ1) is 11.8. The Kier molecular flexibility index (Phi) is 3.91. The van der Waals surface area contributed by atoms with Crippen molar-refractivity contribution in [2.45, 2.75) is 38.6 Å². The SMILES string of the molecule is N#Cc1c2n(c3c(=S)nc(Cc4ccccc4)[nH]c13)CCCCC2. The minimum atomic E-state index is 0.597. The highest BCUT2D eigenvalue weighted by molar-refractivity contribution is 7.71. The standard InChI is InChI=1S/C19H18N4S/c20-12-14-15-9-5-2-6-10-23(15)18-17(14)21-16(22-19(18)24)11-13-7-3-1-4-8-13/h1,3-4,7-8H,2,5-6,9-11H2,(H,21,22,24). The van der Waals surface area contributed by atoms with Crippen molar-refractivity contribution in [2.75, 3.05) is 0 Å². The van der Waals surface area contributed by atoms with Crippen molar-refractivity contribution in [3.63, 3.8) is 0 Å². The Hall–Kier alpha value is -2.45. The summed E-state index contributed by atoms with van der Waals surface area (Å²) in [7, 11) is 0. The van der Waals surface area contributed by atoms with Crippen LogP contribution in [0.3, 0.4) is 0 Å². The first kappa shape index (κ1) is 15.1. The molecule has 4 rings (SSSR count). The normalized spacial score (nSPS) is 14.1. The van der Waals surface area contributed by atoms with E-state index in [-0.39, 0.29) is 0 Å². The van der Waals surface area contributed by atoms with Gasteiger partial charge in [-0.05, 0) is 24.8 Å². The van der Waals surface area contributed by atoms with Gasteiger partial charge < -0.3 is 9.55 Å². The Labute approximate surface area is 145 Å². The van der Waals surface area contributed by atoms with Crippen molar-refractivity contribution in [3.05, 3.63) is 57.6 Å². The van der Waals surface area contributed by atoms with Crippen LogP contribution in [0.2, 0.25) is 0 Å². The molecule has 4 nitrogen and oxygen atoms in total. The van der Waals surface area contributed by atoms with E-state index < -0.39 is 0 Å². The van der Waals surface area contributed by atoms with Crippen LogP contribution in [-0.2, 0) is 19.4 Å². The second-order valence-corrected chi connectivity index (χ2v) is 6.66. The Morgan fingerprint density at radius 3 is 2.83 bits per heavy atom. The van der Waals surface area contributed by atoms with Gasteiger partial charge in [0.05, 0.1) is 11.1 Å². The zero-order valence-electron chi connectivity index (χ0n) is 13.4. The number of fused-ring (bicyclic) bond motifs is 3. The van der Waals surface area contributed by atoms with Crippen LogP contribution in [-0.4, -0.2) is 14.5 Å². The predicted octanol–water partition coefficient (Wildman–Crippen LogP) is 4.28. The first-order valence-corrected chi connectivity index (χ1v) is 8.77. The van der Waals surface area contributed by atoms with Gasteiger partial charge in [0, 0.05) is 18.7 Å². The van der Waals surface area contributed by atoms with Crippen molar-refractivity contribution in [2.24, 2.45) is 0 Å². The lowest BCUT2D eigenvalue weighted by Crippen LogP contribution is -2.02. The van der Waals surface area contributed by atoms with E-state index in [1.54, 1.807) is 0 Å². The second kappa shape index (κ2) is 6.21. The molecule has 0 saturated carbocycles. The molecule has 1 aliphatic heterocycles. The quantitative estimate of drug-likeness (QED) is 0.712. The molecule has 0 spiro atoms. The van der Waals surface area contributed by atoms with E-state index >= 15 is 0 Å². The Bertz CT molecular complexity index is 992. The minimum Gasteiger partial charge on any atom is -0.340 e. The van der Waals surface area contributed by atoms with Crippen LogP contribution in [0.4, 0.5) is 0 Å². The fourth-order valence-corrected chi connectivity index (χ4v) is 3.92. The van der Waals surface area contributed by atoms with Gasteiger partial charge >= 0.3 is 0 Å². The topological polar surface area (TPSA) is 57.4 Å². The van der Waals surface area contributed by atoms with Crippen LogP contribution in [0.5, 0.6) is 0 Å². The minimum absolute atomic E-state index is 0.597. The molecule has 120 valence electrons. The van der Waals surface area contributed by atoms with Gasteiger partial charge in [0.25, 0.3) is 0 Å². The van der Waals surface area contributed by atoms with E-state index in [0.717, 1.165) is 53.9 Å². The monoisotopic (exact) mass is 334 g/mol. The molecule has 0 fully saturated rings. The summed E-state index contributed by atoms with van der Waals surface area (Å²) in [5.74, 6) is 0.816. The van der Waals surface area contributed by atoms with E-state index in [1.807, 2.05) is 18.2 Å². The lowest BCUT2D eigenvalue weighted by atomic mass is 10.1. The lowest BCUT2D eigenvalue weighted by molar-refractivity contribution is 0.647. The molecule has 3 heterocycles. The third kappa shape index (κ3) is 2.53. The zero-order chi connectivity index (χ0) is 16.5. The van der Waals surface area contributed by atoms with Crippen LogP contribution in [0.1, 0.15) is 41.9 Å². The smallest absolute Gasteiger partial charge is 0.154 e. The molecule has 0 atom stereocenters. The highest BCUT2D eigenvalue weighted by Gasteiger charge is 2.21. The van der Waals surface area contributed by atoms with Crippen molar-refractivity contribution in [3.8, 4) is 6.07 Å². The summed E-state index contributed by atoms with van der Waals surface area (Å²) in [4.78, 5) is 8.00. The van der Waals surface area contributed by atoms with Gasteiger partial charge in [-0.2, -0.15) is 5.26 Å². The number of aromatic nitrogens is 3. The Balaban J connectivity index is 1.89. The van der Waals surface area contributed by atoms with Gasteiger partial charge in [0.2, 0.25) is 0 Å². The Morgan fingerprint density at radius 1 is 1.21 bits per heavy atom. The van der Waals surface area contributed by atoms with Crippen LogP contribution >= 0.6 is 12.2 Å². The van der Waals surface area contributed by atoms with Crippen LogP contribution < -0.4 is 0 Å². The molecule has 0 unspecified atom stereocenters. The maximum absolute atomic E-state index is 9.71. The lowest BCUT2D eigenvalue weighted by Gasteiger charge is -2.06. The Morgan fingerprint density at radius 2 is 2.04 bits per heavy atom. The molecule has 0 radical (unpaired) electrons. The number of rotatable bonds is 2. The molecule has 2 aromatic heterocycles.